The van der Waals surface area contributed by atoms with Crippen LogP contribution in [0.3, 0.4) is 0 Å². The highest BCUT2D eigenvalue weighted by atomic mass is 32.2. The van der Waals surface area contributed by atoms with Gasteiger partial charge in [-0.3, -0.25) is 4.99 Å². The quantitative estimate of drug-likeness (QED) is 0.625. The summed E-state index contributed by atoms with van der Waals surface area (Å²) in [5.41, 5.74) is 6.78. The van der Waals surface area contributed by atoms with Crippen LogP contribution < -0.4 is 5.73 Å². The molecule has 0 aromatic carbocycles. The van der Waals surface area contributed by atoms with Gasteiger partial charge in [-0.1, -0.05) is 11.8 Å². The van der Waals surface area contributed by atoms with Crippen LogP contribution in [0.4, 0.5) is 0 Å². The van der Waals surface area contributed by atoms with E-state index in [4.69, 9.17) is 5.73 Å². The summed E-state index contributed by atoms with van der Waals surface area (Å²) in [5.74, 6) is 0. The molecule has 0 amide bonds. The van der Waals surface area contributed by atoms with Gasteiger partial charge in [0.25, 0.3) is 0 Å². The Labute approximate surface area is 70.3 Å². The summed E-state index contributed by atoms with van der Waals surface area (Å²) < 4.78 is 0. The lowest BCUT2D eigenvalue weighted by molar-refractivity contribution is 0.481. The van der Waals surface area contributed by atoms with E-state index in [1.165, 1.54) is 5.70 Å². The summed E-state index contributed by atoms with van der Waals surface area (Å²) in [6.07, 6.45) is 1.15. The Morgan fingerprint density at radius 3 is 3.45 bits per heavy atom. The number of amidine groups is 1. The highest BCUT2D eigenvalue weighted by Gasteiger charge is 2.23. The molecule has 0 fully saturated rings. The van der Waals surface area contributed by atoms with E-state index in [0.29, 0.717) is 6.54 Å². The maximum Gasteiger partial charge on any atom is 0.167 e. The minimum absolute atomic E-state index is 0.631. The number of fused-ring (bicyclic) bond motifs is 1. The molecule has 0 bridgehead atoms. The van der Waals surface area contributed by atoms with Gasteiger partial charge in [-0.2, -0.15) is 0 Å². The zero-order valence-corrected chi connectivity index (χ0v) is 7.10. The molecule has 0 aromatic heterocycles. The molecule has 0 saturated heterocycles. The third-order valence-electron chi connectivity index (χ3n) is 1.87. The largest absolute Gasteiger partial charge is 0.325 e. The van der Waals surface area contributed by atoms with Crippen molar-refractivity contribution in [2.45, 2.75) is 6.42 Å². The predicted molar refractivity (Wildman–Crippen MR) is 48.4 cm³/mol. The van der Waals surface area contributed by atoms with Crippen LogP contribution in [0, 0.1) is 0 Å². The van der Waals surface area contributed by atoms with E-state index in [1.54, 1.807) is 11.8 Å². The lowest BCUT2D eigenvalue weighted by atomic mass is 10.3. The summed E-state index contributed by atoms with van der Waals surface area (Å²) in [5, 5.41) is 3.24. The number of hydrogen-bond donors (Lipinski definition) is 1. The molecule has 60 valence electrons. The van der Waals surface area contributed by atoms with E-state index in [2.05, 4.69) is 15.3 Å². The minimum atomic E-state index is 0.631. The van der Waals surface area contributed by atoms with Gasteiger partial charge in [-0.15, -0.1) is 0 Å². The van der Waals surface area contributed by atoms with Gasteiger partial charge in [0.1, 0.15) is 0 Å². The van der Waals surface area contributed by atoms with Crippen LogP contribution in [0.1, 0.15) is 6.42 Å². The van der Waals surface area contributed by atoms with Crippen molar-refractivity contribution in [3.05, 3.63) is 11.1 Å². The minimum Gasteiger partial charge on any atom is -0.325 e. The van der Waals surface area contributed by atoms with Gasteiger partial charge in [0.2, 0.25) is 0 Å². The van der Waals surface area contributed by atoms with Crippen molar-refractivity contribution in [1.82, 2.24) is 4.90 Å². The fraction of sp³-hybridized carbons (Fsp3) is 0.571. The van der Waals surface area contributed by atoms with E-state index >= 15 is 0 Å². The molecule has 0 radical (unpaired) electrons. The first kappa shape index (κ1) is 7.18. The van der Waals surface area contributed by atoms with Crippen LogP contribution in [-0.2, 0) is 0 Å². The molecule has 0 atom stereocenters. The first-order valence-corrected chi connectivity index (χ1v) is 4.67. The molecule has 2 heterocycles. The standard InChI is InChI=1S/C7H11N3S/c8-4-6-5-11-7-9-2-1-3-10(6)7/h5H,1-4,8H2. The van der Waals surface area contributed by atoms with Gasteiger partial charge < -0.3 is 10.6 Å². The van der Waals surface area contributed by atoms with Crippen LogP contribution in [0.2, 0.25) is 0 Å². The molecule has 11 heavy (non-hydrogen) atoms. The summed E-state index contributed by atoms with van der Waals surface area (Å²) in [6.45, 7) is 2.70. The first-order valence-electron chi connectivity index (χ1n) is 3.79. The van der Waals surface area contributed by atoms with Crippen molar-refractivity contribution in [1.29, 1.82) is 0 Å². The third-order valence-corrected chi connectivity index (χ3v) is 2.82. The Bertz CT molecular complexity index is 222. The second-order valence-corrected chi connectivity index (χ2v) is 3.44. The molecule has 3 nitrogen and oxygen atoms in total. The van der Waals surface area contributed by atoms with Gasteiger partial charge in [-0.05, 0) is 11.8 Å². The van der Waals surface area contributed by atoms with E-state index in [1.807, 2.05) is 0 Å². The molecule has 0 aromatic rings. The van der Waals surface area contributed by atoms with Crippen molar-refractivity contribution in [3.8, 4) is 0 Å². The lowest BCUT2D eigenvalue weighted by Crippen LogP contribution is -2.32. The van der Waals surface area contributed by atoms with Crippen molar-refractivity contribution < 1.29 is 0 Å². The SMILES string of the molecule is NCC1=CSC2=NCCCN12. The maximum atomic E-state index is 5.56. The molecule has 0 saturated carbocycles. The van der Waals surface area contributed by atoms with Gasteiger partial charge in [-0.25, -0.2) is 0 Å². The Kier molecular flexibility index (Phi) is 1.87. The highest BCUT2D eigenvalue weighted by molar-refractivity contribution is 8.16. The zero-order valence-electron chi connectivity index (χ0n) is 6.29. The van der Waals surface area contributed by atoms with Gasteiger partial charge in [0, 0.05) is 25.3 Å². The Balaban J connectivity index is 2.19. The topological polar surface area (TPSA) is 41.6 Å². The smallest absolute Gasteiger partial charge is 0.167 e. The van der Waals surface area contributed by atoms with Crippen LogP contribution in [0.15, 0.2) is 16.1 Å². The molecule has 0 aliphatic carbocycles. The third kappa shape index (κ3) is 1.16. The molecular formula is C7H11N3S. The maximum absolute atomic E-state index is 5.56. The number of nitrogens with two attached hydrogens (primary N) is 1. The average molecular weight is 169 g/mol. The Hall–Kier alpha value is -0.480. The van der Waals surface area contributed by atoms with Crippen molar-refractivity contribution in [2.24, 2.45) is 10.7 Å². The van der Waals surface area contributed by atoms with Crippen molar-refractivity contribution >= 4 is 16.9 Å². The van der Waals surface area contributed by atoms with Crippen molar-refractivity contribution in [3.63, 3.8) is 0 Å². The molecule has 2 rings (SSSR count). The summed E-state index contributed by atoms with van der Waals surface area (Å²) >= 11 is 1.69. The number of thioether (sulfide) groups is 1. The fourth-order valence-electron chi connectivity index (χ4n) is 1.29. The van der Waals surface area contributed by atoms with Crippen LogP contribution >= 0.6 is 11.8 Å². The average Bonchev–Trinajstić information content (AvgIpc) is 2.47. The molecule has 2 N–H and O–H groups in total. The second kappa shape index (κ2) is 2.87. The normalized spacial score (nSPS) is 22.8. The van der Waals surface area contributed by atoms with Crippen molar-refractivity contribution in [2.75, 3.05) is 19.6 Å². The highest BCUT2D eigenvalue weighted by Crippen LogP contribution is 2.27. The molecule has 4 heteroatoms. The predicted octanol–water partition coefficient (Wildman–Crippen LogP) is 0.595. The first-order chi connectivity index (χ1) is 5.42. The van der Waals surface area contributed by atoms with Gasteiger partial charge in [0.05, 0.1) is 0 Å². The van der Waals surface area contributed by atoms with Crippen LogP contribution in [-0.4, -0.2) is 29.7 Å². The van der Waals surface area contributed by atoms with E-state index < -0.39 is 0 Å². The molecule has 0 spiro atoms. The summed E-state index contributed by atoms with van der Waals surface area (Å²) in [4.78, 5) is 6.60. The Morgan fingerprint density at radius 2 is 2.64 bits per heavy atom. The van der Waals surface area contributed by atoms with Crippen LogP contribution in [0.5, 0.6) is 0 Å². The Morgan fingerprint density at radius 1 is 1.73 bits per heavy atom. The lowest BCUT2D eigenvalue weighted by Gasteiger charge is -2.24. The summed E-state index contributed by atoms with van der Waals surface area (Å²) in [7, 11) is 0. The van der Waals surface area contributed by atoms with Gasteiger partial charge in [0.15, 0.2) is 5.17 Å². The van der Waals surface area contributed by atoms with E-state index in [9.17, 15) is 0 Å². The molecule has 2 aliphatic heterocycles. The molecular weight excluding hydrogens is 158 g/mol. The van der Waals surface area contributed by atoms with Gasteiger partial charge >= 0.3 is 0 Å². The number of rotatable bonds is 1. The molecule has 2 aliphatic rings. The summed E-state index contributed by atoms with van der Waals surface area (Å²) in [6, 6.07) is 0. The fourth-order valence-corrected chi connectivity index (χ4v) is 2.26. The monoisotopic (exact) mass is 169 g/mol. The number of aliphatic imine (C=N–C) groups is 1. The van der Waals surface area contributed by atoms with E-state index in [-0.39, 0.29) is 0 Å². The van der Waals surface area contributed by atoms with Crippen LogP contribution in [0.25, 0.3) is 0 Å². The zero-order chi connectivity index (χ0) is 7.68. The second-order valence-electron chi connectivity index (χ2n) is 2.60. The molecule has 0 unspecified atom stereocenters. The number of hydrogen-bond acceptors (Lipinski definition) is 4. The van der Waals surface area contributed by atoms with E-state index in [0.717, 1.165) is 24.7 Å². The number of nitrogens with zero attached hydrogens (tertiary/aromatic N) is 2.